The first-order valence-electron chi connectivity index (χ1n) is 9.22. The first-order valence-corrected chi connectivity index (χ1v) is 9.22. The Labute approximate surface area is 134 Å². The van der Waals surface area contributed by atoms with Gasteiger partial charge in [-0.25, -0.2) is 0 Å². The van der Waals surface area contributed by atoms with Crippen LogP contribution in [0.3, 0.4) is 0 Å². The second-order valence-corrected chi connectivity index (χ2v) is 9.15. The molecule has 3 saturated heterocycles. The Morgan fingerprint density at radius 3 is 2.82 bits per heavy atom. The van der Waals surface area contributed by atoms with Crippen LogP contribution < -0.4 is 0 Å². The van der Waals surface area contributed by atoms with E-state index in [0.717, 1.165) is 12.5 Å². The Kier molecular flexibility index (Phi) is 2.66. The van der Waals surface area contributed by atoms with Gasteiger partial charge in [-0.1, -0.05) is 32.4 Å². The van der Waals surface area contributed by atoms with Gasteiger partial charge in [0.05, 0.1) is 12.2 Å². The molecule has 5 rings (SSSR count). The summed E-state index contributed by atoms with van der Waals surface area (Å²) >= 11 is 0. The van der Waals surface area contributed by atoms with Crippen molar-refractivity contribution in [1.82, 2.24) is 4.90 Å². The highest BCUT2D eigenvalue weighted by atomic mass is 16.6. The molecular formula is C19H29NO2. The Hall–Kier alpha value is -0.380. The molecule has 1 aliphatic carbocycles. The van der Waals surface area contributed by atoms with Crippen LogP contribution in [0.25, 0.3) is 0 Å². The van der Waals surface area contributed by atoms with Crippen LogP contribution >= 0.6 is 0 Å². The van der Waals surface area contributed by atoms with E-state index in [1.54, 1.807) is 0 Å². The summed E-state index contributed by atoms with van der Waals surface area (Å²) in [5, 5.41) is 0. The summed E-state index contributed by atoms with van der Waals surface area (Å²) in [4.78, 5) is 2.65. The minimum absolute atomic E-state index is 0.0644. The van der Waals surface area contributed by atoms with Gasteiger partial charge in [-0.2, -0.15) is 0 Å². The van der Waals surface area contributed by atoms with Crippen molar-refractivity contribution in [3.8, 4) is 0 Å². The molecule has 0 radical (unpaired) electrons. The van der Waals surface area contributed by atoms with Crippen LogP contribution in [0, 0.1) is 23.7 Å². The van der Waals surface area contributed by atoms with Crippen molar-refractivity contribution in [2.24, 2.45) is 23.7 Å². The molecule has 0 amide bonds. The number of hydrogen-bond donors (Lipinski definition) is 0. The van der Waals surface area contributed by atoms with E-state index >= 15 is 0 Å². The van der Waals surface area contributed by atoms with Crippen molar-refractivity contribution in [1.29, 1.82) is 0 Å². The number of nitrogens with zero attached hydrogens (tertiary/aromatic N) is 1. The Morgan fingerprint density at radius 2 is 2.00 bits per heavy atom. The predicted octanol–water partition coefficient (Wildman–Crippen LogP) is 3.20. The molecule has 5 aliphatic rings. The topological polar surface area (TPSA) is 21.7 Å². The van der Waals surface area contributed by atoms with Crippen molar-refractivity contribution in [2.75, 3.05) is 6.54 Å². The maximum atomic E-state index is 6.76. The van der Waals surface area contributed by atoms with Crippen molar-refractivity contribution in [3.05, 3.63) is 12.2 Å². The number of rotatable bonds is 0. The molecule has 0 aromatic rings. The molecule has 3 nitrogen and oxygen atoms in total. The third-order valence-corrected chi connectivity index (χ3v) is 7.62. The van der Waals surface area contributed by atoms with Crippen molar-refractivity contribution in [3.63, 3.8) is 0 Å². The fraction of sp³-hybridized carbons (Fsp3) is 0.895. The molecule has 3 heteroatoms. The average Bonchev–Trinajstić information content (AvgIpc) is 3.08. The summed E-state index contributed by atoms with van der Waals surface area (Å²) in [7, 11) is 0. The van der Waals surface area contributed by atoms with Crippen molar-refractivity contribution < 1.29 is 9.47 Å². The Bertz CT molecular complexity index is 530. The molecule has 0 unspecified atom stereocenters. The van der Waals surface area contributed by atoms with Gasteiger partial charge in [0.2, 0.25) is 0 Å². The lowest BCUT2D eigenvalue weighted by molar-refractivity contribution is -0.232. The van der Waals surface area contributed by atoms with Gasteiger partial charge in [-0.15, -0.1) is 0 Å². The molecule has 8 atom stereocenters. The fourth-order valence-corrected chi connectivity index (χ4v) is 6.33. The summed E-state index contributed by atoms with van der Waals surface area (Å²) in [6.07, 6.45) is 9.59. The van der Waals surface area contributed by atoms with Gasteiger partial charge in [0, 0.05) is 23.9 Å². The Morgan fingerprint density at radius 1 is 1.18 bits per heavy atom. The Balaban J connectivity index is 1.53. The van der Waals surface area contributed by atoms with E-state index in [-0.39, 0.29) is 17.4 Å². The average molecular weight is 303 g/mol. The first kappa shape index (κ1) is 14.0. The van der Waals surface area contributed by atoms with Crippen LogP contribution in [0.5, 0.6) is 0 Å². The van der Waals surface area contributed by atoms with Gasteiger partial charge in [-0.3, -0.25) is 4.90 Å². The smallest absolute Gasteiger partial charge is 0.117 e. The molecule has 0 aromatic carbocycles. The lowest BCUT2D eigenvalue weighted by atomic mass is 9.69. The number of fused-ring (bicyclic) bond motifs is 4. The first-order chi connectivity index (χ1) is 10.4. The second kappa shape index (κ2) is 4.17. The maximum absolute atomic E-state index is 6.76. The molecule has 0 N–H and O–H groups in total. The fourth-order valence-electron chi connectivity index (χ4n) is 6.33. The highest BCUT2D eigenvalue weighted by Crippen LogP contribution is 2.59. The summed E-state index contributed by atoms with van der Waals surface area (Å²) in [6, 6.07) is 0. The molecular weight excluding hydrogens is 274 g/mol. The molecule has 122 valence electrons. The summed E-state index contributed by atoms with van der Waals surface area (Å²) in [5.74, 6) is 2.58. The van der Waals surface area contributed by atoms with Crippen LogP contribution in [-0.2, 0) is 9.47 Å². The minimum Gasteiger partial charge on any atom is -0.362 e. The van der Waals surface area contributed by atoms with Crippen LogP contribution in [0.1, 0.15) is 47.0 Å². The monoisotopic (exact) mass is 303 g/mol. The van der Waals surface area contributed by atoms with E-state index in [4.69, 9.17) is 9.47 Å². The highest BCUT2D eigenvalue weighted by molar-refractivity contribution is 5.29. The van der Waals surface area contributed by atoms with Gasteiger partial charge in [0.25, 0.3) is 0 Å². The van der Waals surface area contributed by atoms with E-state index in [9.17, 15) is 0 Å². The third kappa shape index (κ3) is 1.53. The molecule has 4 heterocycles. The van der Waals surface area contributed by atoms with Gasteiger partial charge in [0.15, 0.2) is 0 Å². The van der Waals surface area contributed by atoms with Gasteiger partial charge in [0.1, 0.15) is 11.8 Å². The predicted molar refractivity (Wildman–Crippen MR) is 85.3 cm³/mol. The molecule has 1 saturated carbocycles. The van der Waals surface area contributed by atoms with Gasteiger partial charge >= 0.3 is 0 Å². The van der Waals surface area contributed by atoms with E-state index in [0.29, 0.717) is 30.0 Å². The molecule has 2 bridgehead atoms. The lowest BCUT2D eigenvalue weighted by Gasteiger charge is -2.56. The summed E-state index contributed by atoms with van der Waals surface area (Å²) in [6.45, 7) is 10.7. The van der Waals surface area contributed by atoms with Crippen LogP contribution in [0.15, 0.2) is 12.2 Å². The molecule has 0 aromatic heterocycles. The third-order valence-electron chi connectivity index (χ3n) is 7.62. The minimum atomic E-state index is -0.0644. The quantitative estimate of drug-likeness (QED) is 0.642. The largest absolute Gasteiger partial charge is 0.362 e. The molecule has 4 fully saturated rings. The van der Waals surface area contributed by atoms with E-state index in [1.165, 1.54) is 19.3 Å². The van der Waals surface area contributed by atoms with Gasteiger partial charge < -0.3 is 9.47 Å². The van der Waals surface area contributed by atoms with Crippen LogP contribution in [0.4, 0.5) is 0 Å². The standard InChI is InChI=1S/C19H29NO2/c1-11-5-6-13-15(9-11)21-17-16-12(2)14-7-8-19(16,22-14)10-20(17)18(13,3)4/h7-8,11-17H,5-6,9-10H2,1-4H3/t11-,12-,13-,14+,15-,16-,17+,19-/m1/s1. The zero-order valence-corrected chi connectivity index (χ0v) is 14.3. The molecule has 1 spiro atoms. The number of ether oxygens (including phenoxy) is 2. The highest BCUT2D eigenvalue weighted by Gasteiger charge is 2.68. The summed E-state index contributed by atoms with van der Waals surface area (Å²) in [5.41, 5.74) is 0.160. The maximum Gasteiger partial charge on any atom is 0.117 e. The van der Waals surface area contributed by atoms with E-state index < -0.39 is 0 Å². The van der Waals surface area contributed by atoms with Crippen molar-refractivity contribution in [2.45, 2.75) is 76.5 Å². The van der Waals surface area contributed by atoms with E-state index in [2.05, 4.69) is 44.7 Å². The molecule has 4 aliphatic heterocycles. The van der Waals surface area contributed by atoms with Gasteiger partial charge in [-0.05, 0) is 38.5 Å². The lowest BCUT2D eigenvalue weighted by Crippen LogP contribution is -2.63. The van der Waals surface area contributed by atoms with Crippen molar-refractivity contribution >= 4 is 0 Å². The van der Waals surface area contributed by atoms with Crippen LogP contribution in [-0.4, -0.2) is 41.0 Å². The second-order valence-electron chi connectivity index (χ2n) is 9.15. The van der Waals surface area contributed by atoms with Crippen LogP contribution in [0.2, 0.25) is 0 Å². The SMILES string of the molecule is C[C@@H]1CC[C@@H]2[C@@H](C1)O[C@H]1[C@H]3[C@H](C)[C@@H]4C=C[C@]3(CN1C2(C)C)O4. The normalized spacial score (nSPS) is 58.5. The zero-order valence-electron chi connectivity index (χ0n) is 14.3. The number of hydrogen-bond acceptors (Lipinski definition) is 3. The summed E-state index contributed by atoms with van der Waals surface area (Å²) < 4.78 is 13.2. The molecule has 22 heavy (non-hydrogen) atoms. The zero-order chi connectivity index (χ0) is 15.3. The van der Waals surface area contributed by atoms with E-state index in [1.807, 2.05) is 0 Å².